The van der Waals surface area contributed by atoms with Gasteiger partial charge in [0.05, 0.1) is 5.69 Å². The van der Waals surface area contributed by atoms with Crippen molar-refractivity contribution in [3.63, 3.8) is 0 Å². The zero-order valence-corrected chi connectivity index (χ0v) is 11.9. The van der Waals surface area contributed by atoms with Crippen LogP contribution in [0.25, 0.3) is 0 Å². The largest absolute Gasteiger partial charge is 0.340 e. The summed E-state index contributed by atoms with van der Waals surface area (Å²) in [5, 5.41) is 3.08. The fraction of sp³-hybridized carbons (Fsp3) is 0.625. The second-order valence-electron chi connectivity index (χ2n) is 6.43. The van der Waals surface area contributed by atoms with Gasteiger partial charge in [0.15, 0.2) is 5.82 Å². The van der Waals surface area contributed by atoms with E-state index in [-0.39, 0.29) is 11.9 Å². The first-order chi connectivity index (χ1) is 9.75. The maximum absolute atomic E-state index is 12.4. The Bertz CT molecular complexity index is 557. The summed E-state index contributed by atoms with van der Waals surface area (Å²) >= 11 is 0. The van der Waals surface area contributed by atoms with Crippen molar-refractivity contribution in [1.29, 1.82) is 0 Å². The van der Waals surface area contributed by atoms with E-state index in [2.05, 4.69) is 15.2 Å². The Morgan fingerprint density at radius 1 is 1.25 bits per heavy atom. The molecule has 0 bridgehead atoms. The number of anilines is 2. The number of rotatable bonds is 0. The van der Waals surface area contributed by atoms with Crippen LogP contribution in [0.3, 0.4) is 0 Å². The van der Waals surface area contributed by atoms with Crippen LogP contribution in [0.15, 0.2) is 12.3 Å². The van der Waals surface area contributed by atoms with Crippen LogP contribution in [0, 0.1) is 12.8 Å². The summed E-state index contributed by atoms with van der Waals surface area (Å²) in [7, 11) is 0. The molecule has 4 rings (SSSR count). The number of aromatic nitrogens is 1. The number of fused-ring (bicyclic) bond motifs is 5. The molecule has 1 aliphatic carbocycles. The zero-order valence-electron chi connectivity index (χ0n) is 11.9. The number of aryl methyl sites for hydroxylation is 1. The molecule has 4 heteroatoms. The van der Waals surface area contributed by atoms with Gasteiger partial charge in [0, 0.05) is 12.2 Å². The predicted octanol–water partition coefficient (Wildman–Crippen LogP) is 2.87. The Morgan fingerprint density at radius 3 is 3.00 bits per heavy atom. The van der Waals surface area contributed by atoms with Crippen LogP contribution in [0.2, 0.25) is 0 Å². The number of hydrogen-bond acceptors (Lipinski definition) is 3. The van der Waals surface area contributed by atoms with Crippen molar-refractivity contribution in [2.24, 2.45) is 5.92 Å². The highest BCUT2D eigenvalue weighted by Crippen LogP contribution is 2.44. The molecule has 20 heavy (non-hydrogen) atoms. The van der Waals surface area contributed by atoms with Gasteiger partial charge >= 0.3 is 0 Å². The van der Waals surface area contributed by atoms with Crippen molar-refractivity contribution in [2.75, 3.05) is 10.2 Å². The molecule has 1 aromatic heterocycles. The normalized spacial score (nSPS) is 31.9. The molecule has 3 atom stereocenters. The van der Waals surface area contributed by atoms with E-state index in [0.29, 0.717) is 6.04 Å². The maximum atomic E-state index is 12.4. The van der Waals surface area contributed by atoms with Gasteiger partial charge in [-0.25, -0.2) is 4.98 Å². The summed E-state index contributed by atoms with van der Waals surface area (Å²) in [6.07, 6.45) is 9.20. The van der Waals surface area contributed by atoms with Gasteiger partial charge in [0.25, 0.3) is 0 Å². The summed E-state index contributed by atoms with van der Waals surface area (Å²) in [5.41, 5.74) is 2.04. The number of pyridine rings is 1. The van der Waals surface area contributed by atoms with Crippen molar-refractivity contribution in [3.8, 4) is 0 Å². The zero-order chi connectivity index (χ0) is 13.7. The quantitative estimate of drug-likeness (QED) is 0.789. The number of carbonyl (C=O) groups is 1. The van der Waals surface area contributed by atoms with E-state index < -0.39 is 0 Å². The molecular weight excluding hydrogens is 250 g/mol. The number of amides is 1. The molecule has 0 radical (unpaired) electrons. The molecule has 3 aliphatic rings. The lowest BCUT2D eigenvalue weighted by molar-refractivity contribution is -0.118. The summed E-state index contributed by atoms with van der Waals surface area (Å²) in [6.45, 7) is 2.05. The SMILES string of the molecule is Cc1ccnc2c1NC(=O)C1CCC3CCCCC3N21. The van der Waals surface area contributed by atoms with Gasteiger partial charge in [-0.1, -0.05) is 12.8 Å². The maximum Gasteiger partial charge on any atom is 0.247 e. The molecule has 0 spiro atoms. The van der Waals surface area contributed by atoms with E-state index in [1.165, 1.54) is 32.1 Å². The Morgan fingerprint density at radius 2 is 2.10 bits per heavy atom. The minimum atomic E-state index is -0.00356. The average Bonchev–Trinajstić information content (AvgIpc) is 2.48. The molecule has 1 saturated carbocycles. The Balaban J connectivity index is 1.81. The molecule has 0 aromatic carbocycles. The minimum Gasteiger partial charge on any atom is -0.340 e. The number of nitrogens with one attached hydrogen (secondary N) is 1. The molecule has 106 valence electrons. The fourth-order valence-electron chi connectivity index (χ4n) is 4.30. The van der Waals surface area contributed by atoms with Crippen LogP contribution in [0.5, 0.6) is 0 Å². The van der Waals surface area contributed by atoms with Gasteiger partial charge in [0.2, 0.25) is 5.91 Å². The second kappa shape index (κ2) is 4.47. The number of nitrogens with zero attached hydrogens (tertiary/aromatic N) is 2. The van der Waals surface area contributed by atoms with Crippen LogP contribution < -0.4 is 10.2 Å². The van der Waals surface area contributed by atoms with Crippen molar-refractivity contribution in [2.45, 2.75) is 57.5 Å². The van der Waals surface area contributed by atoms with Crippen LogP contribution >= 0.6 is 0 Å². The molecule has 1 saturated heterocycles. The monoisotopic (exact) mass is 271 g/mol. The predicted molar refractivity (Wildman–Crippen MR) is 78.9 cm³/mol. The first kappa shape index (κ1) is 12.2. The van der Waals surface area contributed by atoms with Crippen molar-refractivity contribution >= 4 is 17.4 Å². The summed E-state index contributed by atoms with van der Waals surface area (Å²) in [6, 6.07) is 2.49. The number of hydrogen-bond donors (Lipinski definition) is 1. The highest BCUT2D eigenvalue weighted by molar-refractivity contribution is 6.03. The van der Waals surface area contributed by atoms with E-state index in [0.717, 1.165) is 29.4 Å². The summed E-state index contributed by atoms with van der Waals surface area (Å²) in [5.74, 6) is 1.92. The smallest absolute Gasteiger partial charge is 0.247 e. The van der Waals surface area contributed by atoms with Gasteiger partial charge in [-0.05, 0) is 50.2 Å². The Hall–Kier alpha value is -1.58. The molecule has 1 aromatic rings. The van der Waals surface area contributed by atoms with Crippen LogP contribution in [0.1, 0.15) is 44.1 Å². The van der Waals surface area contributed by atoms with Crippen LogP contribution in [-0.2, 0) is 4.79 Å². The molecule has 4 nitrogen and oxygen atoms in total. The molecule has 3 heterocycles. The van der Waals surface area contributed by atoms with E-state index in [9.17, 15) is 4.79 Å². The first-order valence-electron chi connectivity index (χ1n) is 7.80. The molecule has 3 unspecified atom stereocenters. The van der Waals surface area contributed by atoms with Crippen LogP contribution in [-0.4, -0.2) is 23.0 Å². The first-order valence-corrected chi connectivity index (χ1v) is 7.80. The second-order valence-corrected chi connectivity index (χ2v) is 6.43. The van der Waals surface area contributed by atoms with Gasteiger partial charge in [-0.3, -0.25) is 4.79 Å². The third kappa shape index (κ3) is 1.67. The standard InChI is InChI=1S/C16H21N3O/c1-10-8-9-17-15-14(10)18-16(20)13-7-6-11-4-2-3-5-12(11)19(13)15/h8-9,11-13H,2-7H2,1H3,(H,18,20). The van der Waals surface area contributed by atoms with Gasteiger partial charge < -0.3 is 10.2 Å². The van der Waals surface area contributed by atoms with E-state index in [4.69, 9.17) is 0 Å². The summed E-state index contributed by atoms with van der Waals surface area (Å²) in [4.78, 5) is 19.4. The Kier molecular flexibility index (Phi) is 2.72. The van der Waals surface area contributed by atoms with Crippen molar-refractivity contribution in [3.05, 3.63) is 17.8 Å². The van der Waals surface area contributed by atoms with E-state index in [1.807, 2.05) is 19.2 Å². The van der Waals surface area contributed by atoms with Gasteiger partial charge in [-0.15, -0.1) is 0 Å². The number of carbonyl (C=O) groups excluding carboxylic acids is 1. The van der Waals surface area contributed by atoms with Gasteiger partial charge in [-0.2, -0.15) is 0 Å². The van der Waals surface area contributed by atoms with Crippen molar-refractivity contribution < 1.29 is 4.79 Å². The lowest BCUT2D eigenvalue weighted by Crippen LogP contribution is -2.59. The van der Waals surface area contributed by atoms with E-state index in [1.54, 1.807) is 0 Å². The van der Waals surface area contributed by atoms with Crippen LogP contribution in [0.4, 0.5) is 11.5 Å². The summed E-state index contributed by atoms with van der Waals surface area (Å²) < 4.78 is 0. The number of piperidine rings is 1. The lowest BCUT2D eigenvalue weighted by atomic mass is 9.75. The Labute approximate surface area is 119 Å². The molecule has 2 fully saturated rings. The molecule has 2 aliphatic heterocycles. The third-order valence-corrected chi connectivity index (χ3v) is 5.31. The van der Waals surface area contributed by atoms with Crippen molar-refractivity contribution in [1.82, 2.24) is 4.98 Å². The minimum absolute atomic E-state index is 0.00356. The highest BCUT2D eigenvalue weighted by Gasteiger charge is 2.45. The third-order valence-electron chi connectivity index (χ3n) is 5.31. The molecular formula is C16H21N3O. The lowest BCUT2D eigenvalue weighted by Gasteiger charge is -2.50. The van der Waals surface area contributed by atoms with E-state index >= 15 is 0 Å². The topological polar surface area (TPSA) is 45.2 Å². The highest BCUT2D eigenvalue weighted by atomic mass is 16.2. The molecule has 1 N–H and O–H groups in total. The fourth-order valence-corrected chi connectivity index (χ4v) is 4.30. The molecule has 1 amide bonds. The van der Waals surface area contributed by atoms with Gasteiger partial charge in [0.1, 0.15) is 6.04 Å². The average molecular weight is 271 g/mol.